The van der Waals surface area contributed by atoms with Crippen LogP contribution in [-0.4, -0.2) is 39.1 Å². The van der Waals surface area contributed by atoms with E-state index < -0.39 is 0 Å². The van der Waals surface area contributed by atoms with Gasteiger partial charge in [-0.25, -0.2) is 9.37 Å². The van der Waals surface area contributed by atoms with Crippen molar-refractivity contribution in [3.8, 4) is 0 Å². The number of aromatic nitrogens is 3. The van der Waals surface area contributed by atoms with E-state index >= 15 is 0 Å². The average molecular weight is 356 g/mol. The van der Waals surface area contributed by atoms with Crippen LogP contribution in [0.25, 0.3) is 0 Å². The summed E-state index contributed by atoms with van der Waals surface area (Å²) in [5.74, 6) is 1.81. The molecule has 26 heavy (non-hydrogen) atoms. The number of halogens is 1. The molecule has 0 bridgehead atoms. The molecule has 1 aromatic heterocycles. The molecule has 2 aromatic rings. The Kier molecular flexibility index (Phi) is 4.51. The lowest BCUT2D eigenvalue weighted by Gasteiger charge is -2.27. The van der Waals surface area contributed by atoms with E-state index in [4.69, 9.17) is 0 Å². The van der Waals surface area contributed by atoms with E-state index in [0.717, 1.165) is 43.0 Å². The van der Waals surface area contributed by atoms with E-state index in [1.807, 2.05) is 4.90 Å². The quantitative estimate of drug-likeness (QED) is 0.915. The molecule has 1 saturated heterocycles. The van der Waals surface area contributed by atoms with Crippen LogP contribution in [0.3, 0.4) is 0 Å². The lowest BCUT2D eigenvalue weighted by molar-refractivity contribution is -0.129. The number of nitrogens with one attached hydrogen (secondary N) is 1. The van der Waals surface area contributed by atoms with Crippen molar-refractivity contribution in [3.05, 3.63) is 47.3 Å². The first-order valence-corrected chi connectivity index (χ1v) is 9.53. The number of rotatable bonds is 4. The topological polar surface area (TPSA) is 61.9 Å². The fourth-order valence-electron chi connectivity index (χ4n) is 4.61. The number of hydrogen-bond acceptors (Lipinski definition) is 3. The van der Waals surface area contributed by atoms with Gasteiger partial charge in [-0.3, -0.25) is 9.89 Å². The van der Waals surface area contributed by atoms with Gasteiger partial charge in [0.05, 0.1) is 6.42 Å². The molecule has 0 radical (unpaired) electrons. The molecule has 1 aliphatic carbocycles. The molecule has 1 N–H and O–H groups in total. The van der Waals surface area contributed by atoms with E-state index in [9.17, 15) is 9.18 Å². The van der Waals surface area contributed by atoms with Crippen LogP contribution in [-0.2, 0) is 17.6 Å². The lowest BCUT2D eigenvalue weighted by atomic mass is 9.76. The number of carbonyl (C=O) groups is 1. The van der Waals surface area contributed by atoms with Crippen molar-refractivity contribution < 1.29 is 9.18 Å². The molecule has 1 amide bonds. The maximum atomic E-state index is 13.1. The van der Waals surface area contributed by atoms with Crippen LogP contribution in [0.2, 0.25) is 0 Å². The molecule has 4 rings (SSSR count). The zero-order valence-electron chi connectivity index (χ0n) is 15.2. The number of aryl methyl sites for hydroxylation is 1. The highest BCUT2D eigenvalue weighted by atomic mass is 19.1. The van der Waals surface area contributed by atoms with Gasteiger partial charge in [0.15, 0.2) is 5.82 Å². The summed E-state index contributed by atoms with van der Waals surface area (Å²) in [4.78, 5) is 19.5. The summed E-state index contributed by atoms with van der Waals surface area (Å²) in [5.41, 5.74) is 0.970. The summed E-state index contributed by atoms with van der Waals surface area (Å²) in [6.07, 6.45) is 5.84. The van der Waals surface area contributed by atoms with Crippen LogP contribution in [0, 0.1) is 11.2 Å². The zero-order chi connectivity index (χ0) is 18.1. The van der Waals surface area contributed by atoms with Gasteiger partial charge in [0.25, 0.3) is 0 Å². The van der Waals surface area contributed by atoms with Crippen molar-refractivity contribution in [2.45, 2.75) is 51.4 Å². The lowest BCUT2D eigenvalue weighted by Crippen LogP contribution is -2.32. The van der Waals surface area contributed by atoms with E-state index in [2.05, 4.69) is 22.1 Å². The van der Waals surface area contributed by atoms with Gasteiger partial charge in [0.1, 0.15) is 11.6 Å². The second-order valence-electron chi connectivity index (χ2n) is 7.69. The van der Waals surface area contributed by atoms with Crippen LogP contribution in [0.1, 0.15) is 55.7 Å². The number of nitrogens with zero attached hydrogens (tertiary/aromatic N) is 3. The second-order valence-corrected chi connectivity index (χ2v) is 7.69. The summed E-state index contributed by atoms with van der Waals surface area (Å²) >= 11 is 0. The highest BCUT2D eigenvalue weighted by molar-refractivity contribution is 5.79. The van der Waals surface area contributed by atoms with E-state index in [1.54, 1.807) is 12.1 Å². The van der Waals surface area contributed by atoms with Crippen LogP contribution < -0.4 is 0 Å². The van der Waals surface area contributed by atoms with Crippen molar-refractivity contribution in [3.63, 3.8) is 0 Å². The maximum Gasteiger partial charge on any atom is 0.227 e. The molecule has 1 atom stereocenters. The smallest absolute Gasteiger partial charge is 0.227 e. The van der Waals surface area contributed by atoms with E-state index in [-0.39, 0.29) is 23.1 Å². The zero-order valence-corrected chi connectivity index (χ0v) is 15.2. The maximum absolute atomic E-state index is 13.1. The third-order valence-corrected chi connectivity index (χ3v) is 6.06. The second kappa shape index (κ2) is 6.82. The molecule has 1 saturated carbocycles. The standard InChI is InChI=1S/C20H25FN4O/c1-2-17-22-19(24-23-17)16-12-25(13-20(16)9-3-4-10-20)18(26)11-14-5-7-15(21)8-6-14/h5-8,16H,2-4,9-13H2,1H3,(H,22,23,24). The van der Waals surface area contributed by atoms with Crippen molar-refractivity contribution >= 4 is 5.91 Å². The first kappa shape index (κ1) is 17.2. The molecule has 1 unspecified atom stereocenters. The molecule has 1 aliphatic heterocycles. The molecule has 6 heteroatoms. The van der Waals surface area contributed by atoms with Crippen molar-refractivity contribution in [1.29, 1.82) is 0 Å². The third-order valence-electron chi connectivity index (χ3n) is 6.06. The van der Waals surface area contributed by atoms with Crippen molar-refractivity contribution in [2.24, 2.45) is 5.41 Å². The number of H-pyrrole nitrogens is 1. The largest absolute Gasteiger partial charge is 0.341 e. The minimum Gasteiger partial charge on any atom is -0.341 e. The summed E-state index contributed by atoms with van der Waals surface area (Å²) in [6, 6.07) is 6.20. The van der Waals surface area contributed by atoms with Crippen LogP contribution in [0.4, 0.5) is 4.39 Å². The van der Waals surface area contributed by atoms with Gasteiger partial charge in [-0.05, 0) is 36.0 Å². The van der Waals surface area contributed by atoms with Gasteiger partial charge in [-0.2, -0.15) is 5.10 Å². The number of hydrogen-bond donors (Lipinski definition) is 1. The molecular weight excluding hydrogens is 331 g/mol. The van der Waals surface area contributed by atoms with Gasteiger partial charge in [0, 0.05) is 25.4 Å². The number of aromatic amines is 1. The van der Waals surface area contributed by atoms with Gasteiger partial charge in [-0.1, -0.05) is 31.9 Å². The van der Waals surface area contributed by atoms with E-state index in [1.165, 1.54) is 25.0 Å². The first-order chi connectivity index (χ1) is 12.6. The Bertz CT molecular complexity index is 779. The van der Waals surface area contributed by atoms with Crippen LogP contribution in [0.5, 0.6) is 0 Å². The SMILES string of the molecule is CCc1nc(C2CN(C(=O)Cc3ccc(F)cc3)CC23CCCC3)n[nH]1. The number of likely N-dealkylation sites (tertiary alicyclic amines) is 1. The third kappa shape index (κ3) is 3.13. The molecule has 1 spiro atoms. The number of carbonyl (C=O) groups excluding carboxylic acids is 1. The highest BCUT2D eigenvalue weighted by Gasteiger charge is 2.51. The minimum absolute atomic E-state index is 0.108. The Balaban J connectivity index is 1.53. The van der Waals surface area contributed by atoms with Gasteiger partial charge in [0.2, 0.25) is 5.91 Å². The normalized spacial score (nSPS) is 21.6. The average Bonchev–Trinajstić information content (AvgIpc) is 3.37. The number of amides is 1. The molecule has 5 nitrogen and oxygen atoms in total. The Labute approximate surface area is 153 Å². The van der Waals surface area contributed by atoms with Crippen molar-refractivity contribution in [1.82, 2.24) is 20.1 Å². The Hall–Kier alpha value is -2.24. The summed E-state index contributed by atoms with van der Waals surface area (Å²) in [6.45, 7) is 3.53. The van der Waals surface area contributed by atoms with Gasteiger partial charge >= 0.3 is 0 Å². The summed E-state index contributed by atoms with van der Waals surface area (Å²) < 4.78 is 13.1. The van der Waals surface area contributed by atoms with Gasteiger partial charge < -0.3 is 4.90 Å². The molecule has 2 fully saturated rings. The minimum atomic E-state index is -0.274. The highest BCUT2D eigenvalue weighted by Crippen LogP contribution is 2.52. The Morgan fingerprint density at radius 1 is 1.31 bits per heavy atom. The molecular formula is C20H25FN4O. The summed E-state index contributed by atoms with van der Waals surface area (Å²) in [7, 11) is 0. The monoisotopic (exact) mass is 356 g/mol. The fraction of sp³-hybridized carbons (Fsp3) is 0.550. The van der Waals surface area contributed by atoms with Crippen molar-refractivity contribution in [2.75, 3.05) is 13.1 Å². The number of benzene rings is 1. The first-order valence-electron chi connectivity index (χ1n) is 9.53. The molecule has 2 heterocycles. The molecule has 1 aromatic carbocycles. The summed E-state index contributed by atoms with van der Waals surface area (Å²) in [5, 5.41) is 7.49. The molecule has 138 valence electrons. The Morgan fingerprint density at radius 2 is 2.04 bits per heavy atom. The predicted octanol–water partition coefficient (Wildman–Crippen LogP) is 3.24. The van der Waals surface area contributed by atoms with Crippen LogP contribution in [0.15, 0.2) is 24.3 Å². The van der Waals surface area contributed by atoms with E-state index in [0.29, 0.717) is 13.0 Å². The predicted molar refractivity (Wildman–Crippen MR) is 96.1 cm³/mol. The fourth-order valence-corrected chi connectivity index (χ4v) is 4.61. The van der Waals surface area contributed by atoms with Crippen LogP contribution >= 0.6 is 0 Å². The van der Waals surface area contributed by atoms with Gasteiger partial charge in [-0.15, -0.1) is 0 Å². The Morgan fingerprint density at radius 3 is 2.69 bits per heavy atom. The molecule has 2 aliphatic rings.